The van der Waals surface area contributed by atoms with Gasteiger partial charge in [0.05, 0.1) is 6.34 Å². The van der Waals surface area contributed by atoms with E-state index in [0.717, 1.165) is 17.0 Å². The van der Waals surface area contributed by atoms with Gasteiger partial charge in [-0.15, -0.1) is 11.8 Å². The number of aliphatic hydroxyl groups excluding tert-OH is 1. The average Bonchev–Trinajstić information content (AvgIpc) is 2.18. The zero-order valence-electron chi connectivity index (χ0n) is 7.90. The number of hydrogen-bond donors (Lipinski definition) is 2. The van der Waals surface area contributed by atoms with Crippen molar-refractivity contribution in [3.63, 3.8) is 0 Å². The van der Waals surface area contributed by atoms with Crippen molar-refractivity contribution < 1.29 is 5.11 Å². The summed E-state index contributed by atoms with van der Waals surface area (Å²) in [6.45, 7) is 2.12. The lowest BCUT2D eigenvalue weighted by Gasteiger charge is -2.17. The summed E-state index contributed by atoms with van der Waals surface area (Å²) in [7, 11) is 0. The Labute approximate surface area is 87.2 Å². The number of hydrogen-bond acceptors (Lipinski definition) is 4. The summed E-state index contributed by atoms with van der Waals surface area (Å²) in [5.74, 6) is 1.05. The highest BCUT2D eigenvalue weighted by Gasteiger charge is 2.14. The highest BCUT2D eigenvalue weighted by Crippen LogP contribution is 2.30. The first-order valence-corrected chi connectivity index (χ1v) is 5.53. The minimum Gasteiger partial charge on any atom is -0.368 e. The molecule has 4 heteroatoms. The van der Waals surface area contributed by atoms with Gasteiger partial charge in [0, 0.05) is 16.1 Å². The number of nitrogens with zero attached hydrogens (tertiary/aromatic N) is 1. The van der Waals surface area contributed by atoms with Gasteiger partial charge in [-0.05, 0) is 17.9 Å². The Kier molecular flexibility index (Phi) is 2.74. The molecule has 3 nitrogen and oxygen atoms in total. The second-order valence-corrected chi connectivity index (χ2v) is 4.32. The van der Waals surface area contributed by atoms with Gasteiger partial charge < -0.3 is 10.4 Å². The smallest absolute Gasteiger partial charge is 0.174 e. The molecule has 0 aliphatic carbocycles. The zero-order chi connectivity index (χ0) is 9.97. The maximum absolute atomic E-state index is 9.54. The Morgan fingerprint density at radius 2 is 2.43 bits per heavy atom. The van der Waals surface area contributed by atoms with Crippen LogP contribution in [0.15, 0.2) is 28.1 Å². The van der Waals surface area contributed by atoms with Crippen LogP contribution >= 0.6 is 11.8 Å². The number of benzene rings is 1. The molecule has 14 heavy (non-hydrogen) atoms. The van der Waals surface area contributed by atoms with E-state index in [2.05, 4.69) is 17.2 Å². The lowest BCUT2D eigenvalue weighted by atomic mass is 10.1. The van der Waals surface area contributed by atoms with Gasteiger partial charge in [-0.25, -0.2) is 4.99 Å². The van der Waals surface area contributed by atoms with Gasteiger partial charge in [0.2, 0.25) is 0 Å². The number of fused-ring (bicyclic) bond motifs is 1. The minimum atomic E-state index is -0.716. The van der Waals surface area contributed by atoms with Crippen LogP contribution < -0.4 is 5.32 Å². The predicted molar refractivity (Wildman–Crippen MR) is 59.9 cm³/mol. The van der Waals surface area contributed by atoms with Crippen molar-refractivity contribution in [2.45, 2.75) is 18.0 Å². The Bertz CT molecular complexity index is 365. The molecule has 0 aromatic heterocycles. The molecule has 0 spiro atoms. The number of aliphatic hydroxyl groups is 1. The lowest BCUT2D eigenvalue weighted by Crippen LogP contribution is -2.09. The van der Waals surface area contributed by atoms with E-state index in [4.69, 9.17) is 0 Å². The summed E-state index contributed by atoms with van der Waals surface area (Å²) in [4.78, 5) is 5.07. The fourth-order valence-electron chi connectivity index (χ4n) is 1.40. The maximum atomic E-state index is 9.54. The summed E-state index contributed by atoms with van der Waals surface area (Å²) in [5, 5.41) is 12.6. The molecule has 0 amide bonds. The molecule has 2 rings (SSSR count). The summed E-state index contributed by atoms with van der Waals surface area (Å²) in [5.41, 5.74) is 1.79. The second-order valence-electron chi connectivity index (χ2n) is 2.98. The number of thioether (sulfide) groups is 1. The normalized spacial score (nSPS) is 18.9. The molecule has 1 unspecified atom stereocenters. The van der Waals surface area contributed by atoms with Gasteiger partial charge in [-0.2, -0.15) is 0 Å². The summed E-state index contributed by atoms with van der Waals surface area (Å²) < 4.78 is 0. The van der Waals surface area contributed by atoms with Gasteiger partial charge in [-0.1, -0.05) is 13.0 Å². The van der Waals surface area contributed by atoms with Crippen molar-refractivity contribution in [2.75, 3.05) is 11.1 Å². The number of nitrogens with one attached hydrogen (secondary N) is 1. The van der Waals surface area contributed by atoms with Crippen molar-refractivity contribution in [3.05, 3.63) is 23.8 Å². The van der Waals surface area contributed by atoms with Crippen LogP contribution in [-0.2, 0) is 0 Å². The van der Waals surface area contributed by atoms with E-state index in [1.807, 2.05) is 18.2 Å². The van der Waals surface area contributed by atoms with Crippen LogP contribution in [0.2, 0.25) is 0 Å². The van der Waals surface area contributed by atoms with Crippen LogP contribution in [0, 0.1) is 0 Å². The van der Waals surface area contributed by atoms with Gasteiger partial charge >= 0.3 is 0 Å². The van der Waals surface area contributed by atoms with Crippen molar-refractivity contribution >= 4 is 23.8 Å². The van der Waals surface area contributed by atoms with E-state index in [1.54, 1.807) is 11.8 Å². The largest absolute Gasteiger partial charge is 0.368 e. The van der Waals surface area contributed by atoms with E-state index >= 15 is 0 Å². The van der Waals surface area contributed by atoms with E-state index in [0.29, 0.717) is 0 Å². The molecule has 2 N–H and O–H groups in total. The maximum Gasteiger partial charge on any atom is 0.174 e. The van der Waals surface area contributed by atoms with Crippen LogP contribution in [0.3, 0.4) is 0 Å². The molecule has 1 aromatic carbocycles. The number of anilines is 1. The van der Waals surface area contributed by atoms with Crippen LogP contribution in [-0.4, -0.2) is 17.2 Å². The highest BCUT2D eigenvalue weighted by molar-refractivity contribution is 7.99. The standard InChI is InChI=1S/C10H12N2OS/c1-2-14-7-3-4-8-9(5-7)11-6-12-10(8)13/h3-6,10,13H,2H2,1H3,(H,11,12). The first kappa shape index (κ1) is 9.55. The molecule has 74 valence electrons. The topological polar surface area (TPSA) is 44.6 Å². The lowest BCUT2D eigenvalue weighted by molar-refractivity contribution is 0.189. The molecule has 0 radical (unpaired) electrons. The van der Waals surface area contributed by atoms with E-state index in [-0.39, 0.29) is 0 Å². The number of rotatable bonds is 2. The molecular weight excluding hydrogens is 196 g/mol. The summed E-state index contributed by atoms with van der Waals surface area (Å²) in [6, 6.07) is 5.97. The zero-order valence-corrected chi connectivity index (χ0v) is 8.71. The van der Waals surface area contributed by atoms with E-state index in [1.165, 1.54) is 11.2 Å². The molecule has 0 saturated carbocycles. The number of aliphatic imine (C=N–C) groups is 1. The van der Waals surface area contributed by atoms with Crippen LogP contribution in [0.1, 0.15) is 18.7 Å². The van der Waals surface area contributed by atoms with Gasteiger partial charge in [0.25, 0.3) is 0 Å². The van der Waals surface area contributed by atoms with E-state index in [9.17, 15) is 5.11 Å². The van der Waals surface area contributed by atoms with Gasteiger partial charge in [0.1, 0.15) is 0 Å². The highest BCUT2D eigenvalue weighted by atomic mass is 32.2. The fraction of sp³-hybridized carbons (Fsp3) is 0.300. The van der Waals surface area contributed by atoms with Crippen molar-refractivity contribution in [3.8, 4) is 0 Å². The SMILES string of the molecule is CCSc1ccc2c(c1)NC=NC2O. The first-order valence-electron chi connectivity index (χ1n) is 4.54. The Balaban J connectivity index is 2.32. The fourth-order valence-corrected chi connectivity index (χ4v) is 2.10. The van der Waals surface area contributed by atoms with Crippen LogP contribution in [0.25, 0.3) is 0 Å². The Morgan fingerprint density at radius 3 is 3.21 bits per heavy atom. The van der Waals surface area contributed by atoms with Crippen molar-refractivity contribution in [2.24, 2.45) is 4.99 Å². The summed E-state index contributed by atoms with van der Waals surface area (Å²) >= 11 is 1.78. The molecule has 1 aliphatic rings. The minimum absolute atomic E-state index is 0.716. The average molecular weight is 208 g/mol. The molecule has 0 saturated heterocycles. The quantitative estimate of drug-likeness (QED) is 0.733. The molecule has 0 fully saturated rings. The third-order valence-corrected chi connectivity index (χ3v) is 2.93. The van der Waals surface area contributed by atoms with Gasteiger partial charge in [0.15, 0.2) is 6.23 Å². The summed E-state index contributed by atoms with van der Waals surface area (Å²) in [6.07, 6.45) is 0.819. The first-order chi connectivity index (χ1) is 6.81. The predicted octanol–water partition coefficient (Wildman–Crippen LogP) is 2.24. The molecule has 1 aliphatic heterocycles. The second kappa shape index (κ2) is 4.02. The van der Waals surface area contributed by atoms with Crippen LogP contribution in [0.4, 0.5) is 5.69 Å². The molecule has 1 atom stereocenters. The third kappa shape index (κ3) is 1.76. The molecular formula is C10H12N2OS. The Morgan fingerprint density at radius 1 is 1.57 bits per heavy atom. The van der Waals surface area contributed by atoms with Crippen molar-refractivity contribution in [1.29, 1.82) is 0 Å². The van der Waals surface area contributed by atoms with Crippen molar-refractivity contribution in [1.82, 2.24) is 0 Å². The molecule has 1 aromatic rings. The Hall–Kier alpha value is -1.00. The molecule has 1 heterocycles. The van der Waals surface area contributed by atoms with Gasteiger partial charge in [-0.3, -0.25) is 0 Å². The van der Waals surface area contributed by atoms with Crippen LogP contribution in [0.5, 0.6) is 0 Å². The van der Waals surface area contributed by atoms with E-state index < -0.39 is 6.23 Å². The third-order valence-electron chi connectivity index (χ3n) is 2.05. The monoisotopic (exact) mass is 208 g/mol. The molecule has 0 bridgehead atoms.